The first-order valence-electron chi connectivity index (χ1n) is 3.95. The lowest BCUT2D eigenvalue weighted by Gasteiger charge is -1.97. The minimum atomic E-state index is -0.725. The number of nitriles is 2. The summed E-state index contributed by atoms with van der Waals surface area (Å²) in [7, 11) is 0. The Morgan fingerprint density at radius 3 is 2.13 bits per heavy atom. The van der Waals surface area contributed by atoms with Crippen LogP contribution in [-0.4, -0.2) is 4.92 Å². The quantitative estimate of drug-likeness (QED) is 0.412. The van der Waals surface area contributed by atoms with Crippen molar-refractivity contribution in [2.45, 2.75) is 0 Å². The molecule has 1 rings (SSSR count). The van der Waals surface area contributed by atoms with Gasteiger partial charge in [0.05, 0.1) is 10.5 Å². The van der Waals surface area contributed by atoms with Crippen molar-refractivity contribution in [1.82, 2.24) is 0 Å². The number of rotatable bonds is 2. The van der Waals surface area contributed by atoms with Crippen molar-refractivity contribution in [1.29, 1.82) is 10.5 Å². The fraction of sp³-hybridized carbons (Fsp3) is 0. The average Bonchev–Trinajstić information content (AvgIpc) is 2.26. The molecule has 1 aromatic carbocycles. The molecule has 0 N–H and O–H groups in total. The van der Waals surface area contributed by atoms with Gasteiger partial charge >= 0.3 is 5.70 Å². The van der Waals surface area contributed by atoms with E-state index in [4.69, 9.17) is 10.5 Å². The minimum absolute atomic E-state index is 0.251. The first-order chi connectivity index (χ1) is 7.20. The van der Waals surface area contributed by atoms with Crippen LogP contribution in [0.4, 0.5) is 0 Å². The maximum absolute atomic E-state index is 10.7. The zero-order valence-corrected chi connectivity index (χ0v) is 7.54. The molecule has 0 unspecified atom stereocenters. The fourth-order valence-corrected chi connectivity index (χ4v) is 1.07. The zero-order valence-electron chi connectivity index (χ0n) is 7.54. The molecule has 1 aromatic rings. The first kappa shape index (κ1) is 10.4. The van der Waals surface area contributed by atoms with Crippen molar-refractivity contribution in [2.24, 2.45) is 0 Å². The number of nitrogens with zero attached hydrogens (tertiary/aromatic N) is 3. The van der Waals surface area contributed by atoms with E-state index in [2.05, 4.69) is 0 Å². The van der Waals surface area contributed by atoms with Crippen molar-refractivity contribution in [2.75, 3.05) is 0 Å². The standard InChI is InChI=1S/C10H5N3O2/c11-6-9(7-12)10(13(14)15)8-4-2-1-3-5-8/h1-5H. The Balaban J connectivity index is 3.43. The summed E-state index contributed by atoms with van der Waals surface area (Å²) < 4.78 is 0. The SMILES string of the molecule is N#CC(C#N)=C(c1ccccc1)[N+](=O)[O-]. The van der Waals surface area contributed by atoms with Crippen LogP contribution < -0.4 is 0 Å². The highest BCUT2D eigenvalue weighted by molar-refractivity contribution is 5.69. The molecule has 0 amide bonds. The van der Waals surface area contributed by atoms with Crippen molar-refractivity contribution in [3.8, 4) is 12.1 Å². The fourth-order valence-electron chi connectivity index (χ4n) is 1.07. The van der Waals surface area contributed by atoms with Crippen LogP contribution in [0, 0.1) is 32.8 Å². The van der Waals surface area contributed by atoms with Crippen LogP contribution in [0.5, 0.6) is 0 Å². The summed E-state index contributed by atoms with van der Waals surface area (Å²) in [5, 5.41) is 27.8. The van der Waals surface area contributed by atoms with Crippen molar-refractivity contribution in [3.05, 3.63) is 51.6 Å². The van der Waals surface area contributed by atoms with E-state index in [0.717, 1.165) is 0 Å². The van der Waals surface area contributed by atoms with Crippen LogP contribution in [0.15, 0.2) is 35.9 Å². The molecule has 0 radical (unpaired) electrons. The van der Waals surface area contributed by atoms with E-state index in [9.17, 15) is 10.1 Å². The van der Waals surface area contributed by atoms with Gasteiger partial charge in [-0.05, 0) is 12.1 Å². The Kier molecular flexibility index (Phi) is 3.15. The van der Waals surface area contributed by atoms with E-state index in [0.29, 0.717) is 0 Å². The Bertz CT molecular complexity index is 476. The van der Waals surface area contributed by atoms with Gasteiger partial charge in [0.2, 0.25) is 5.57 Å². The van der Waals surface area contributed by atoms with Gasteiger partial charge in [-0.25, -0.2) is 0 Å². The van der Waals surface area contributed by atoms with E-state index in [1.54, 1.807) is 18.2 Å². The van der Waals surface area contributed by atoms with Gasteiger partial charge in [0.1, 0.15) is 12.1 Å². The molecule has 0 aliphatic heterocycles. The summed E-state index contributed by atoms with van der Waals surface area (Å²) in [6, 6.07) is 10.9. The second-order valence-corrected chi connectivity index (χ2v) is 2.57. The van der Waals surface area contributed by atoms with Crippen LogP contribution in [0.25, 0.3) is 5.70 Å². The van der Waals surface area contributed by atoms with Crippen LogP contribution >= 0.6 is 0 Å². The molecule has 0 saturated heterocycles. The van der Waals surface area contributed by atoms with Crippen molar-refractivity contribution < 1.29 is 4.92 Å². The molecule has 0 fully saturated rings. The Hall–Kier alpha value is -2.66. The van der Waals surface area contributed by atoms with E-state index in [1.807, 2.05) is 0 Å². The Labute approximate surface area is 85.6 Å². The van der Waals surface area contributed by atoms with Gasteiger partial charge < -0.3 is 0 Å². The molecule has 0 spiro atoms. The maximum Gasteiger partial charge on any atom is 0.304 e. The van der Waals surface area contributed by atoms with E-state index >= 15 is 0 Å². The highest BCUT2D eigenvalue weighted by Gasteiger charge is 2.20. The largest absolute Gasteiger partial charge is 0.304 e. The third-order valence-corrected chi connectivity index (χ3v) is 1.69. The molecule has 0 aliphatic rings. The summed E-state index contributed by atoms with van der Waals surface area (Å²) in [6.07, 6.45) is 0. The summed E-state index contributed by atoms with van der Waals surface area (Å²) in [5.41, 5.74) is -0.701. The van der Waals surface area contributed by atoms with Gasteiger partial charge in [-0.3, -0.25) is 10.1 Å². The zero-order chi connectivity index (χ0) is 11.3. The maximum atomic E-state index is 10.7. The molecule has 5 nitrogen and oxygen atoms in total. The van der Waals surface area contributed by atoms with Gasteiger partial charge in [0.15, 0.2) is 0 Å². The smallest absolute Gasteiger partial charge is 0.258 e. The average molecular weight is 199 g/mol. The lowest BCUT2D eigenvalue weighted by molar-refractivity contribution is -0.375. The Morgan fingerprint density at radius 1 is 1.20 bits per heavy atom. The lowest BCUT2D eigenvalue weighted by Crippen LogP contribution is -2.00. The number of hydrogen-bond acceptors (Lipinski definition) is 4. The molecule has 15 heavy (non-hydrogen) atoms. The van der Waals surface area contributed by atoms with E-state index < -0.39 is 16.2 Å². The first-order valence-corrected chi connectivity index (χ1v) is 3.95. The molecule has 5 heteroatoms. The monoisotopic (exact) mass is 199 g/mol. The van der Waals surface area contributed by atoms with E-state index in [1.165, 1.54) is 24.3 Å². The van der Waals surface area contributed by atoms with E-state index in [-0.39, 0.29) is 5.56 Å². The highest BCUT2D eigenvalue weighted by atomic mass is 16.6. The van der Waals surface area contributed by atoms with Crippen molar-refractivity contribution in [3.63, 3.8) is 0 Å². The number of benzene rings is 1. The normalized spacial score (nSPS) is 8.40. The molecule has 0 aromatic heterocycles. The molecule has 0 bridgehead atoms. The number of hydrogen-bond donors (Lipinski definition) is 0. The third-order valence-electron chi connectivity index (χ3n) is 1.69. The van der Waals surface area contributed by atoms with Gasteiger partial charge in [0.25, 0.3) is 0 Å². The van der Waals surface area contributed by atoms with Gasteiger partial charge in [-0.15, -0.1) is 0 Å². The number of nitro groups is 1. The molecular weight excluding hydrogens is 194 g/mol. The molecule has 72 valence electrons. The second kappa shape index (κ2) is 4.54. The third kappa shape index (κ3) is 2.17. The van der Waals surface area contributed by atoms with Gasteiger partial charge in [-0.2, -0.15) is 10.5 Å². The molecule has 0 heterocycles. The molecular formula is C10H5N3O2. The summed E-state index contributed by atoms with van der Waals surface area (Å²) in [4.78, 5) is 9.98. The van der Waals surface area contributed by atoms with Crippen LogP contribution in [-0.2, 0) is 0 Å². The molecule has 0 aliphatic carbocycles. The second-order valence-electron chi connectivity index (χ2n) is 2.57. The van der Waals surface area contributed by atoms with Crippen LogP contribution in [0.1, 0.15) is 5.56 Å². The topological polar surface area (TPSA) is 90.7 Å². The Morgan fingerprint density at radius 2 is 1.73 bits per heavy atom. The summed E-state index contributed by atoms with van der Waals surface area (Å²) in [6.45, 7) is 0. The molecule has 0 saturated carbocycles. The predicted octanol–water partition coefficient (Wildman–Crippen LogP) is 1.72. The van der Waals surface area contributed by atoms with Gasteiger partial charge in [-0.1, -0.05) is 18.2 Å². The molecule has 0 atom stereocenters. The van der Waals surface area contributed by atoms with Gasteiger partial charge in [0, 0.05) is 0 Å². The summed E-state index contributed by atoms with van der Waals surface area (Å²) in [5.74, 6) is 0. The minimum Gasteiger partial charge on any atom is -0.258 e. The number of allylic oxidation sites excluding steroid dienone is 1. The van der Waals surface area contributed by atoms with Crippen LogP contribution in [0.3, 0.4) is 0 Å². The van der Waals surface area contributed by atoms with Crippen molar-refractivity contribution >= 4 is 5.70 Å². The lowest BCUT2D eigenvalue weighted by atomic mass is 10.1. The predicted molar refractivity (Wildman–Crippen MR) is 51.6 cm³/mol. The van der Waals surface area contributed by atoms with Crippen LogP contribution in [0.2, 0.25) is 0 Å². The highest BCUT2D eigenvalue weighted by Crippen LogP contribution is 2.18. The summed E-state index contributed by atoms with van der Waals surface area (Å²) >= 11 is 0.